The molecule has 0 unspecified atom stereocenters. The lowest BCUT2D eigenvalue weighted by Crippen LogP contribution is -2.16. The van der Waals surface area contributed by atoms with Gasteiger partial charge in [-0.05, 0) is 62.6 Å². The average molecular weight is 333 g/mol. The molecule has 0 amide bonds. The molecule has 5 nitrogen and oxygen atoms in total. The maximum Gasteiger partial charge on any atom is 0.335 e. The van der Waals surface area contributed by atoms with Crippen LogP contribution in [0.15, 0.2) is 35.2 Å². The molecular weight excluding hydrogens is 314 g/mol. The van der Waals surface area contributed by atoms with Crippen LogP contribution in [0.1, 0.15) is 32.6 Å². The molecule has 0 aliphatic rings. The molecule has 0 radical (unpaired) electrons. The van der Waals surface area contributed by atoms with E-state index in [9.17, 15) is 13.2 Å². The van der Waals surface area contributed by atoms with E-state index in [4.69, 9.17) is 5.11 Å². The summed E-state index contributed by atoms with van der Waals surface area (Å²) < 4.78 is 27.8. The van der Waals surface area contributed by atoms with Crippen LogP contribution in [0.2, 0.25) is 0 Å². The fraction of sp³-hybridized carbons (Fsp3) is 0.235. The Bertz CT molecular complexity index is 862. The zero-order valence-corrected chi connectivity index (χ0v) is 14.3. The van der Waals surface area contributed by atoms with Gasteiger partial charge < -0.3 is 5.11 Å². The highest BCUT2D eigenvalue weighted by molar-refractivity contribution is 7.92. The number of carbonyl (C=O) groups is 1. The van der Waals surface area contributed by atoms with E-state index in [-0.39, 0.29) is 10.5 Å². The minimum atomic E-state index is -3.74. The number of carboxylic acid groups (broad SMARTS) is 1. The van der Waals surface area contributed by atoms with E-state index in [1.165, 1.54) is 18.2 Å². The minimum absolute atomic E-state index is 0.149. The lowest BCUT2D eigenvalue weighted by Gasteiger charge is -2.14. The topological polar surface area (TPSA) is 83.5 Å². The van der Waals surface area contributed by atoms with Gasteiger partial charge in [0.2, 0.25) is 0 Å². The quantitative estimate of drug-likeness (QED) is 0.898. The third-order valence-corrected chi connectivity index (χ3v) is 5.27. The molecule has 23 heavy (non-hydrogen) atoms. The summed E-state index contributed by atoms with van der Waals surface area (Å²) >= 11 is 0. The van der Waals surface area contributed by atoms with Gasteiger partial charge in [-0.1, -0.05) is 17.7 Å². The van der Waals surface area contributed by atoms with Crippen LogP contribution in [0.3, 0.4) is 0 Å². The number of hydrogen-bond acceptors (Lipinski definition) is 3. The lowest BCUT2D eigenvalue weighted by atomic mass is 10.1. The molecule has 0 aliphatic carbocycles. The Morgan fingerprint density at radius 2 is 1.52 bits per heavy atom. The zero-order valence-electron chi connectivity index (χ0n) is 13.5. The molecule has 6 heteroatoms. The monoisotopic (exact) mass is 333 g/mol. The standard InChI is InChI=1S/C17H19NO4S/c1-10-7-12(3)16(13(4)8-10)23(21,22)18-14-5-6-15(17(19)20)11(2)9-14/h5-9,18H,1-4H3,(H,19,20). The second kappa shape index (κ2) is 6.04. The molecule has 0 fully saturated rings. The Balaban J connectivity index is 2.44. The van der Waals surface area contributed by atoms with Gasteiger partial charge in [0, 0.05) is 5.69 Å². The van der Waals surface area contributed by atoms with Gasteiger partial charge in [-0.3, -0.25) is 4.72 Å². The summed E-state index contributed by atoms with van der Waals surface area (Å²) in [5, 5.41) is 9.03. The lowest BCUT2D eigenvalue weighted by molar-refractivity contribution is 0.0696. The molecule has 0 aromatic heterocycles. The number of nitrogens with one attached hydrogen (secondary N) is 1. The first-order valence-electron chi connectivity index (χ1n) is 7.06. The molecule has 2 rings (SSSR count). The first-order valence-corrected chi connectivity index (χ1v) is 8.55. The van der Waals surface area contributed by atoms with Gasteiger partial charge in [0.05, 0.1) is 10.5 Å². The van der Waals surface area contributed by atoms with Crippen molar-refractivity contribution in [2.45, 2.75) is 32.6 Å². The fourth-order valence-electron chi connectivity index (χ4n) is 2.76. The first-order chi connectivity index (χ1) is 10.6. The van der Waals surface area contributed by atoms with Gasteiger partial charge in [0.1, 0.15) is 0 Å². The normalized spacial score (nSPS) is 11.3. The van der Waals surface area contributed by atoms with Crippen molar-refractivity contribution in [2.24, 2.45) is 0 Å². The number of hydrogen-bond donors (Lipinski definition) is 2. The number of benzene rings is 2. The molecule has 122 valence electrons. The van der Waals surface area contributed by atoms with Crippen molar-refractivity contribution < 1.29 is 18.3 Å². The van der Waals surface area contributed by atoms with Crippen molar-refractivity contribution in [3.63, 3.8) is 0 Å². The Morgan fingerprint density at radius 1 is 0.957 bits per heavy atom. The molecule has 2 aromatic rings. The maximum absolute atomic E-state index is 12.7. The van der Waals surface area contributed by atoms with Crippen molar-refractivity contribution in [3.8, 4) is 0 Å². The van der Waals surface area contributed by atoms with E-state index in [0.717, 1.165) is 5.56 Å². The van der Waals surface area contributed by atoms with Crippen molar-refractivity contribution in [1.82, 2.24) is 0 Å². The van der Waals surface area contributed by atoms with Crippen LogP contribution in [0.4, 0.5) is 5.69 Å². The van der Waals surface area contributed by atoms with E-state index in [2.05, 4.69) is 4.72 Å². The smallest absolute Gasteiger partial charge is 0.335 e. The first kappa shape index (κ1) is 17.0. The van der Waals surface area contributed by atoms with Crippen molar-refractivity contribution in [3.05, 3.63) is 58.1 Å². The number of carboxylic acids is 1. The summed E-state index contributed by atoms with van der Waals surface area (Å²) in [6, 6.07) is 8.00. The van der Waals surface area contributed by atoms with Gasteiger partial charge >= 0.3 is 5.97 Å². The summed E-state index contributed by atoms with van der Waals surface area (Å²) in [5.74, 6) is -1.04. The largest absolute Gasteiger partial charge is 0.478 e. The van der Waals surface area contributed by atoms with Crippen LogP contribution < -0.4 is 4.72 Å². The molecule has 0 aliphatic heterocycles. The molecular formula is C17H19NO4S. The third-order valence-electron chi connectivity index (χ3n) is 3.58. The van der Waals surface area contributed by atoms with Gasteiger partial charge in [-0.2, -0.15) is 0 Å². The Labute approximate surface area is 136 Å². The number of anilines is 1. The Kier molecular flexibility index (Phi) is 4.47. The van der Waals surface area contributed by atoms with Gasteiger partial charge in [0.25, 0.3) is 10.0 Å². The number of aromatic carboxylic acids is 1. The predicted molar refractivity (Wildman–Crippen MR) is 89.6 cm³/mol. The molecule has 0 bridgehead atoms. The van der Waals surface area contributed by atoms with Crippen molar-refractivity contribution >= 4 is 21.7 Å². The fourth-order valence-corrected chi connectivity index (χ4v) is 4.27. The van der Waals surface area contributed by atoms with E-state index in [1.54, 1.807) is 20.8 Å². The van der Waals surface area contributed by atoms with Crippen molar-refractivity contribution in [1.29, 1.82) is 0 Å². The highest BCUT2D eigenvalue weighted by atomic mass is 32.2. The van der Waals surface area contributed by atoms with Crippen LogP contribution >= 0.6 is 0 Å². The van der Waals surface area contributed by atoms with E-state index in [1.807, 2.05) is 19.1 Å². The minimum Gasteiger partial charge on any atom is -0.478 e. The Morgan fingerprint density at radius 3 is 2.00 bits per heavy atom. The van der Waals surface area contributed by atoms with Crippen LogP contribution in [0.25, 0.3) is 0 Å². The summed E-state index contributed by atoms with van der Waals surface area (Å²) in [5.41, 5.74) is 3.33. The number of aryl methyl sites for hydroxylation is 4. The summed E-state index contributed by atoms with van der Waals surface area (Å²) in [4.78, 5) is 11.3. The zero-order chi connectivity index (χ0) is 17.4. The molecule has 2 N–H and O–H groups in total. The molecule has 0 atom stereocenters. The molecule has 0 heterocycles. The Hall–Kier alpha value is -2.34. The molecule has 0 saturated carbocycles. The second-order valence-electron chi connectivity index (χ2n) is 5.67. The third kappa shape index (κ3) is 3.53. The van der Waals surface area contributed by atoms with E-state index < -0.39 is 16.0 Å². The second-order valence-corrected chi connectivity index (χ2v) is 7.29. The van der Waals surface area contributed by atoms with Gasteiger partial charge in [-0.25, -0.2) is 13.2 Å². The number of sulfonamides is 1. The summed E-state index contributed by atoms with van der Waals surface area (Å²) in [6.07, 6.45) is 0. The predicted octanol–water partition coefficient (Wildman–Crippen LogP) is 3.42. The SMILES string of the molecule is Cc1cc(C)c(S(=O)(=O)Nc2ccc(C(=O)O)c(C)c2)c(C)c1. The van der Waals surface area contributed by atoms with Crippen LogP contribution in [0.5, 0.6) is 0 Å². The summed E-state index contributed by atoms with van der Waals surface area (Å²) in [7, 11) is -3.74. The van der Waals surface area contributed by atoms with Gasteiger partial charge in [0.15, 0.2) is 0 Å². The van der Waals surface area contributed by atoms with Crippen molar-refractivity contribution in [2.75, 3.05) is 4.72 Å². The molecule has 0 saturated heterocycles. The van der Waals surface area contributed by atoms with Crippen LogP contribution in [-0.4, -0.2) is 19.5 Å². The van der Waals surface area contributed by atoms with E-state index in [0.29, 0.717) is 22.4 Å². The highest BCUT2D eigenvalue weighted by Gasteiger charge is 2.20. The molecule has 2 aromatic carbocycles. The van der Waals surface area contributed by atoms with Crippen LogP contribution in [-0.2, 0) is 10.0 Å². The summed E-state index contributed by atoms with van der Waals surface area (Å²) in [6.45, 7) is 7.06. The van der Waals surface area contributed by atoms with Crippen LogP contribution in [0, 0.1) is 27.7 Å². The van der Waals surface area contributed by atoms with E-state index >= 15 is 0 Å². The molecule has 0 spiro atoms. The average Bonchev–Trinajstić information content (AvgIpc) is 2.35. The highest BCUT2D eigenvalue weighted by Crippen LogP contribution is 2.25. The number of rotatable bonds is 4. The maximum atomic E-state index is 12.7. The van der Waals surface area contributed by atoms with Gasteiger partial charge in [-0.15, -0.1) is 0 Å².